The number of aryl methyl sites for hydroxylation is 1. The van der Waals surface area contributed by atoms with Gasteiger partial charge in [-0.1, -0.05) is 52.4 Å². The van der Waals surface area contributed by atoms with E-state index in [1.807, 2.05) is 0 Å². The predicted octanol–water partition coefficient (Wildman–Crippen LogP) is 4.50. The van der Waals surface area contributed by atoms with Crippen LogP contribution in [0.3, 0.4) is 0 Å². The Morgan fingerprint density at radius 2 is 1.81 bits per heavy atom. The molecule has 0 radical (unpaired) electrons. The number of unbranched alkanes of at least 4 members (excludes halogenated alkanes) is 5. The van der Waals surface area contributed by atoms with Gasteiger partial charge >= 0.3 is 5.97 Å². The highest BCUT2D eigenvalue weighted by atomic mass is 16.4. The van der Waals surface area contributed by atoms with Crippen molar-refractivity contribution in [2.45, 2.75) is 65.2 Å². The fraction of sp³-hybridized carbons (Fsp3) is 0.647. The number of nitrogens with one attached hydrogen (secondary N) is 1. The van der Waals surface area contributed by atoms with Crippen molar-refractivity contribution < 1.29 is 9.90 Å². The number of hydrogen-bond acceptors (Lipinski definition) is 3. The maximum absolute atomic E-state index is 11.1. The highest BCUT2D eigenvalue weighted by Crippen LogP contribution is 2.13. The number of aromatic nitrogens is 1. The maximum atomic E-state index is 11.1. The fourth-order valence-electron chi connectivity index (χ4n) is 2.31. The van der Waals surface area contributed by atoms with E-state index in [1.54, 1.807) is 12.1 Å². The van der Waals surface area contributed by atoms with Crippen molar-refractivity contribution >= 4 is 11.8 Å². The van der Waals surface area contributed by atoms with E-state index in [2.05, 4.69) is 24.1 Å². The van der Waals surface area contributed by atoms with Gasteiger partial charge in [-0.3, -0.25) is 0 Å². The molecule has 0 aliphatic carbocycles. The lowest BCUT2D eigenvalue weighted by Crippen LogP contribution is -2.07. The van der Waals surface area contributed by atoms with Crippen molar-refractivity contribution in [2.24, 2.45) is 0 Å². The summed E-state index contributed by atoms with van der Waals surface area (Å²) in [5.41, 5.74) is 1.17. The summed E-state index contributed by atoms with van der Waals surface area (Å²) in [7, 11) is 0. The Morgan fingerprint density at radius 1 is 1.10 bits per heavy atom. The summed E-state index contributed by atoms with van der Waals surface area (Å²) < 4.78 is 0. The van der Waals surface area contributed by atoms with Crippen LogP contribution < -0.4 is 5.32 Å². The summed E-state index contributed by atoms with van der Waals surface area (Å²) in [6, 6.07) is 3.29. The molecule has 0 saturated heterocycles. The lowest BCUT2D eigenvalue weighted by molar-refractivity contribution is 0.0696. The second kappa shape index (κ2) is 10.2. The Hall–Kier alpha value is -1.58. The minimum absolute atomic E-state index is 0.318. The molecule has 0 atom stereocenters. The number of carbonyl (C=O) groups is 1. The molecule has 4 nitrogen and oxygen atoms in total. The van der Waals surface area contributed by atoms with Crippen LogP contribution in [0.2, 0.25) is 0 Å². The average molecular weight is 292 g/mol. The van der Waals surface area contributed by atoms with E-state index in [9.17, 15) is 4.79 Å². The second-order valence-corrected chi connectivity index (χ2v) is 5.48. The topological polar surface area (TPSA) is 62.2 Å². The third-order valence-corrected chi connectivity index (χ3v) is 3.47. The third kappa shape index (κ3) is 7.11. The molecular weight excluding hydrogens is 264 g/mol. The molecule has 0 aliphatic rings. The lowest BCUT2D eigenvalue weighted by atomic mass is 10.1. The Balaban J connectivity index is 2.44. The van der Waals surface area contributed by atoms with E-state index in [0.29, 0.717) is 11.4 Å². The lowest BCUT2D eigenvalue weighted by Gasteiger charge is -2.09. The number of rotatable bonds is 11. The molecule has 0 unspecified atom stereocenters. The molecule has 0 amide bonds. The molecule has 0 saturated carbocycles. The minimum atomic E-state index is -0.891. The molecule has 118 valence electrons. The monoisotopic (exact) mass is 292 g/mol. The summed E-state index contributed by atoms with van der Waals surface area (Å²) in [6.07, 6.45) is 9.27. The summed E-state index contributed by atoms with van der Waals surface area (Å²) in [5, 5.41) is 12.4. The van der Waals surface area contributed by atoms with Crippen LogP contribution in [-0.4, -0.2) is 22.6 Å². The van der Waals surface area contributed by atoms with Gasteiger partial charge in [0.25, 0.3) is 0 Å². The number of carboxylic acids is 1. The van der Waals surface area contributed by atoms with Gasteiger partial charge in [-0.25, -0.2) is 9.78 Å². The van der Waals surface area contributed by atoms with Gasteiger partial charge in [0.15, 0.2) is 0 Å². The van der Waals surface area contributed by atoms with E-state index in [1.165, 1.54) is 32.1 Å². The Labute approximate surface area is 128 Å². The minimum Gasteiger partial charge on any atom is -0.478 e. The zero-order valence-corrected chi connectivity index (χ0v) is 13.3. The SMILES string of the molecule is CCCCCCCCNc1cc(C(=O)O)cc(CCC)n1. The van der Waals surface area contributed by atoms with Crippen molar-refractivity contribution in [3.63, 3.8) is 0 Å². The van der Waals surface area contributed by atoms with Gasteiger partial charge in [0, 0.05) is 12.2 Å². The zero-order valence-electron chi connectivity index (χ0n) is 13.3. The van der Waals surface area contributed by atoms with Crippen molar-refractivity contribution in [3.05, 3.63) is 23.4 Å². The van der Waals surface area contributed by atoms with E-state index in [4.69, 9.17) is 5.11 Å². The predicted molar refractivity (Wildman–Crippen MR) is 87.1 cm³/mol. The van der Waals surface area contributed by atoms with Gasteiger partial charge in [0.05, 0.1) is 5.56 Å². The zero-order chi connectivity index (χ0) is 15.5. The molecular formula is C17H28N2O2. The van der Waals surface area contributed by atoms with E-state index in [-0.39, 0.29) is 0 Å². The molecule has 1 aromatic heterocycles. The first-order valence-electron chi connectivity index (χ1n) is 8.15. The average Bonchev–Trinajstić information content (AvgIpc) is 2.46. The Kier molecular flexibility index (Phi) is 8.48. The molecule has 2 N–H and O–H groups in total. The van der Waals surface area contributed by atoms with Crippen molar-refractivity contribution in [1.82, 2.24) is 4.98 Å². The first-order chi connectivity index (χ1) is 10.2. The standard InChI is InChI=1S/C17H28N2O2/c1-3-5-6-7-8-9-11-18-16-13-14(17(20)21)12-15(19-16)10-4-2/h12-13H,3-11H2,1-2H3,(H,18,19)(H,20,21). The van der Waals surface area contributed by atoms with Crippen molar-refractivity contribution in [2.75, 3.05) is 11.9 Å². The highest BCUT2D eigenvalue weighted by Gasteiger charge is 2.08. The molecule has 0 fully saturated rings. The van der Waals surface area contributed by atoms with Gasteiger partial charge in [0.1, 0.15) is 5.82 Å². The van der Waals surface area contributed by atoms with Crippen LogP contribution in [0.4, 0.5) is 5.82 Å². The normalized spacial score (nSPS) is 10.6. The van der Waals surface area contributed by atoms with Crippen LogP contribution in [0.15, 0.2) is 12.1 Å². The van der Waals surface area contributed by atoms with Crippen LogP contribution in [0.25, 0.3) is 0 Å². The fourth-order valence-corrected chi connectivity index (χ4v) is 2.31. The van der Waals surface area contributed by atoms with Gasteiger partial charge in [-0.2, -0.15) is 0 Å². The molecule has 21 heavy (non-hydrogen) atoms. The smallest absolute Gasteiger partial charge is 0.335 e. The molecule has 1 rings (SSSR count). The number of pyridine rings is 1. The van der Waals surface area contributed by atoms with Crippen LogP contribution in [0.1, 0.15) is 74.8 Å². The molecule has 1 heterocycles. The van der Waals surface area contributed by atoms with Crippen molar-refractivity contribution in [3.8, 4) is 0 Å². The molecule has 0 aromatic carbocycles. The molecule has 0 aliphatic heterocycles. The summed E-state index contributed by atoms with van der Waals surface area (Å²) in [6.45, 7) is 5.14. The van der Waals surface area contributed by atoms with E-state index >= 15 is 0 Å². The molecule has 0 spiro atoms. The Morgan fingerprint density at radius 3 is 2.48 bits per heavy atom. The largest absolute Gasteiger partial charge is 0.478 e. The maximum Gasteiger partial charge on any atom is 0.335 e. The number of anilines is 1. The summed E-state index contributed by atoms with van der Waals surface area (Å²) in [4.78, 5) is 15.6. The van der Waals surface area contributed by atoms with Crippen LogP contribution in [-0.2, 0) is 6.42 Å². The van der Waals surface area contributed by atoms with Gasteiger partial charge in [0.2, 0.25) is 0 Å². The molecule has 1 aromatic rings. The van der Waals surface area contributed by atoms with Crippen LogP contribution in [0.5, 0.6) is 0 Å². The van der Waals surface area contributed by atoms with Crippen molar-refractivity contribution in [1.29, 1.82) is 0 Å². The molecule has 4 heteroatoms. The second-order valence-electron chi connectivity index (χ2n) is 5.48. The number of carboxylic acid groups (broad SMARTS) is 1. The van der Waals surface area contributed by atoms with Gasteiger partial charge in [-0.05, 0) is 25.0 Å². The first-order valence-corrected chi connectivity index (χ1v) is 8.15. The molecule has 0 bridgehead atoms. The highest BCUT2D eigenvalue weighted by molar-refractivity contribution is 5.88. The number of aromatic carboxylic acids is 1. The third-order valence-electron chi connectivity index (χ3n) is 3.47. The number of hydrogen-bond donors (Lipinski definition) is 2. The van der Waals surface area contributed by atoms with E-state index < -0.39 is 5.97 Å². The first kappa shape index (κ1) is 17.5. The summed E-state index contributed by atoms with van der Waals surface area (Å²) in [5.74, 6) is -0.204. The van der Waals surface area contributed by atoms with Crippen LogP contribution >= 0.6 is 0 Å². The van der Waals surface area contributed by atoms with E-state index in [0.717, 1.165) is 31.5 Å². The van der Waals surface area contributed by atoms with Gasteiger partial charge < -0.3 is 10.4 Å². The van der Waals surface area contributed by atoms with Gasteiger partial charge in [-0.15, -0.1) is 0 Å². The van der Waals surface area contributed by atoms with Crippen LogP contribution in [0, 0.1) is 0 Å². The quantitative estimate of drug-likeness (QED) is 0.589. The number of nitrogens with zero attached hydrogens (tertiary/aromatic N) is 1. The Bertz CT molecular complexity index is 433. The summed E-state index contributed by atoms with van der Waals surface area (Å²) >= 11 is 0.